The molecule has 1 atom stereocenters. The Morgan fingerprint density at radius 2 is 2.12 bits per heavy atom. The Balaban J connectivity index is 1.50. The standard InChI is InChI=1S/C17H16N4O4/c1-2-14-15(24-10-23-14)7-11(1)8-21-17(13-4-6-25-20-13)18-16(19-21)12-3-5-22-9-12/h1-2,4,6-7,12H,3,5,8-10H2/t12-/m1/s1. The first-order valence-electron chi connectivity index (χ1n) is 8.18. The Bertz CT molecular complexity index is 884. The van der Waals surface area contributed by atoms with E-state index in [4.69, 9.17) is 28.8 Å². The van der Waals surface area contributed by atoms with E-state index in [9.17, 15) is 0 Å². The molecule has 0 N–H and O–H groups in total. The average Bonchev–Trinajstić information content (AvgIpc) is 3.39. The van der Waals surface area contributed by atoms with Gasteiger partial charge < -0.3 is 18.7 Å². The predicted molar refractivity (Wildman–Crippen MR) is 85.4 cm³/mol. The van der Waals surface area contributed by atoms with Crippen LogP contribution in [-0.2, 0) is 11.3 Å². The van der Waals surface area contributed by atoms with Gasteiger partial charge in [0, 0.05) is 18.6 Å². The zero-order valence-electron chi connectivity index (χ0n) is 13.4. The molecule has 0 amide bonds. The second-order valence-corrected chi connectivity index (χ2v) is 6.08. The van der Waals surface area contributed by atoms with Gasteiger partial charge in [-0.05, 0) is 24.1 Å². The molecule has 0 radical (unpaired) electrons. The maximum Gasteiger partial charge on any atom is 0.231 e. The van der Waals surface area contributed by atoms with E-state index >= 15 is 0 Å². The Labute approximate surface area is 143 Å². The lowest BCUT2D eigenvalue weighted by Gasteiger charge is -2.05. The highest BCUT2D eigenvalue weighted by Crippen LogP contribution is 2.33. The molecule has 1 saturated heterocycles. The minimum absolute atomic E-state index is 0.226. The molecule has 1 aromatic carbocycles. The molecule has 3 aromatic rings. The zero-order chi connectivity index (χ0) is 16.6. The van der Waals surface area contributed by atoms with Gasteiger partial charge in [-0.25, -0.2) is 9.67 Å². The van der Waals surface area contributed by atoms with Crippen LogP contribution in [0.2, 0.25) is 0 Å². The van der Waals surface area contributed by atoms with E-state index in [1.54, 1.807) is 6.07 Å². The highest BCUT2D eigenvalue weighted by Gasteiger charge is 2.25. The Hall–Kier alpha value is -2.87. The smallest absolute Gasteiger partial charge is 0.231 e. The first kappa shape index (κ1) is 14.5. The van der Waals surface area contributed by atoms with Gasteiger partial charge in [-0.15, -0.1) is 0 Å². The third-order valence-electron chi connectivity index (χ3n) is 4.42. The van der Waals surface area contributed by atoms with E-state index in [1.165, 1.54) is 6.26 Å². The van der Waals surface area contributed by atoms with Crippen molar-refractivity contribution in [3.05, 3.63) is 41.9 Å². The van der Waals surface area contributed by atoms with Crippen molar-refractivity contribution in [3.8, 4) is 23.0 Å². The lowest BCUT2D eigenvalue weighted by Crippen LogP contribution is -2.06. The van der Waals surface area contributed by atoms with Crippen molar-refractivity contribution in [2.24, 2.45) is 0 Å². The molecule has 0 saturated carbocycles. The van der Waals surface area contributed by atoms with E-state index in [2.05, 4.69) is 5.16 Å². The summed E-state index contributed by atoms with van der Waals surface area (Å²) in [7, 11) is 0. The Morgan fingerprint density at radius 1 is 1.16 bits per heavy atom. The number of nitrogens with zero attached hydrogens (tertiary/aromatic N) is 4. The number of benzene rings is 1. The maximum atomic E-state index is 5.47. The molecule has 25 heavy (non-hydrogen) atoms. The van der Waals surface area contributed by atoms with Crippen LogP contribution in [0, 0.1) is 0 Å². The summed E-state index contributed by atoms with van der Waals surface area (Å²) in [6.45, 7) is 2.23. The number of rotatable bonds is 4. The molecule has 0 spiro atoms. The van der Waals surface area contributed by atoms with Crippen molar-refractivity contribution in [2.75, 3.05) is 20.0 Å². The first-order chi connectivity index (χ1) is 12.4. The second kappa shape index (κ2) is 5.89. The summed E-state index contributed by atoms with van der Waals surface area (Å²) in [5, 5.41) is 8.72. The second-order valence-electron chi connectivity index (χ2n) is 6.08. The van der Waals surface area contributed by atoms with Gasteiger partial charge in [0.25, 0.3) is 0 Å². The average molecular weight is 340 g/mol. The first-order valence-corrected chi connectivity index (χ1v) is 8.18. The quantitative estimate of drug-likeness (QED) is 0.720. The largest absolute Gasteiger partial charge is 0.454 e. The van der Waals surface area contributed by atoms with Crippen molar-refractivity contribution in [1.29, 1.82) is 0 Å². The van der Waals surface area contributed by atoms with Gasteiger partial charge in [-0.3, -0.25) is 0 Å². The molecule has 5 rings (SSSR count). The van der Waals surface area contributed by atoms with Gasteiger partial charge >= 0.3 is 0 Å². The molecule has 2 aromatic heterocycles. The fourth-order valence-corrected chi connectivity index (χ4v) is 3.11. The Kier molecular flexibility index (Phi) is 3.41. The molecule has 128 valence electrons. The lowest BCUT2D eigenvalue weighted by atomic mass is 10.1. The fraction of sp³-hybridized carbons (Fsp3) is 0.353. The maximum absolute atomic E-state index is 5.47. The third kappa shape index (κ3) is 2.64. The van der Waals surface area contributed by atoms with Crippen molar-refractivity contribution in [1.82, 2.24) is 19.9 Å². The van der Waals surface area contributed by atoms with E-state index in [0.717, 1.165) is 35.9 Å². The van der Waals surface area contributed by atoms with Gasteiger partial charge in [0.2, 0.25) is 6.79 Å². The highest BCUT2D eigenvalue weighted by molar-refractivity contribution is 5.49. The van der Waals surface area contributed by atoms with Crippen molar-refractivity contribution in [3.63, 3.8) is 0 Å². The van der Waals surface area contributed by atoms with Gasteiger partial charge in [-0.1, -0.05) is 11.2 Å². The van der Waals surface area contributed by atoms with E-state index < -0.39 is 0 Å². The van der Waals surface area contributed by atoms with Crippen molar-refractivity contribution >= 4 is 0 Å². The molecule has 4 heterocycles. The molecular weight excluding hydrogens is 324 g/mol. The predicted octanol–water partition coefficient (Wildman–Crippen LogP) is 2.21. The Morgan fingerprint density at radius 3 is 2.96 bits per heavy atom. The number of aromatic nitrogens is 4. The molecule has 8 heteroatoms. The van der Waals surface area contributed by atoms with Crippen LogP contribution in [0.15, 0.2) is 35.1 Å². The van der Waals surface area contributed by atoms with Crippen LogP contribution in [0.25, 0.3) is 11.5 Å². The summed E-state index contributed by atoms with van der Waals surface area (Å²) < 4.78 is 23.1. The van der Waals surface area contributed by atoms with Gasteiger partial charge in [-0.2, -0.15) is 5.10 Å². The molecule has 2 aliphatic heterocycles. The topological polar surface area (TPSA) is 84.4 Å². The van der Waals surface area contributed by atoms with Crippen LogP contribution in [0.4, 0.5) is 0 Å². The number of fused-ring (bicyclic) bond motifs is 1. The van der Waals surface area contributed by atoms with Crippen LogP contribution >= 0.6 is 0 Å². The van der Waals surface area contributed by atoms with Crippen molar-refractivity contribution in [2.45, 2.75) is 18.9 Å². The number of ether oxygens (including phenoxy) is 3. The molecule has 0 bridgehead atoms. The number of hydrogen-bond donors (Lipinski definition) is 0. The van der Waals surface area contributed by atoms with Crippen LogP contribution in [-0.4, -0.2) is 39.9 Å². The van der Waals surface area contributed by atoms with E-state index in [1.807, 2.05) is 22.9 Å². The summed E-state index contributed by atoms with van der Waals surface area (Å²) in [4.78, 5) is 4.70. The lowest BCUT2D eigenvalue weighted by molar-refractivity contribution is 0.174. The number of hydrogen-bond acceptors (Lipinski definition) is 7. The molecule has 2 aliphatic rings. The van der Waals surface area contributed by atoms with Gasteiger partial charge in [0.05, 0.1) is 13.2 Å². The molecular formula is C17H16N4O4. The molecule has 8 nitrogen and oxygen atoms in total. The SMILES string of the molecule is c1cc(-c2nc([C@@H]3CCOC3)nn2Cc2ccc3c(c2)OCO3)no1. The monoisotopic (exact) mass is 340 g/mol. The molecule has 0 unspecified atom stereocenters. The normalized spacial score (nSPS) is 18.8. The minimum Gasteiger partial charge on any atom is -0.454 e. The summed E-state index contributed by atoms with van der Waals surface area (Å²) in [6, 6.07) is 7.67. The molecule has 0 aliphatic carbocycles. The van der Waals surface area contributed by atoms with Gasteiger partial charge in [0.1, 0.15) is 6.26 Å². The van der Waals surface area contributed by atoms with Crippen LogP contribution in [0.1, 0.15) is 23.7 Å². The summed E-state index contributed by atoms with van der Waals surface area (Å²) in [5.41, 5.74) is 1.71. The summed E-state index contributed by atoms with van der Waals surface area (Å²) in [6.07, 6.45) is 2.47. The summed E-state index contributed by atoms with van der Waals surface area (Å²) >= 11 is 0. The van der Waals surface area contributed by atoms with Crippen LogP contribution < -0.4 is 9.47 Å². The van der Waals surface area contributed by atoms with E-state index in [0.29, 0.717) is 24.7 Å². The molecule has 1 fully saturated rings. The minimum atomic E-state index is 0.226. The fourth-order valence-electron chi connectivity index (χ4n) is 3.11. The van der Waals surface area contributed by atoms with Gasteiger partial charge in [0.15, 0.2) is 28.8 Å². The highest BCUT2D eigenvalue weighted by atomic mass is 16.7. The zero-order valence-corrected chi connectivity index (χ0v) is 13.4. The van der Waals surface area contributed by atoms with Crippen LogP contribution in [0.3, 0.4) is 0 Å². The third-order valence-corrected chi connectivity index (χ3v) is 4.42. The van der Waals surface area contributed by atoms with Crippen LogP contribution in [0.5, 0.6) is 11.5 Å². The van der Waals surface area contributed by atoms with E-state index in [-0.39, 0.29) is 12.7 Å². The summed E-state index contributed by atoms with van der Waals surface area (Å²) in [5.74, 6) is 3.22. The van der Waals surface area contributed by atoms with Crippen molar-refractivity contribution < 1.29 is 18.7 Å².